The third kappa shape index (κ3) is 1.81. The summed E-state index contributed by atoms with van der Waals surface area (Å²) in [6, 6.07) is 4.91. The van der Waals surface area contributed by atoms with Gasteiger partial charge < -0.3 is 0 Å². The van der Waals surface area contributed by atoms with Gasteiger partial charge in [-0.3, -0.25) is 0 Å². The molecule has 4 aromatic rings. The third-order valence-corrected chi connectivity index (χ3v) is 3.81. The van der Waals surface area contributed by atoms with Crippen LogP contribution in [0.15, 0.2) is 66.6 Å². The Bertz CT molecular complexity index is 1180. The molecule has 0 unspecified atom stereocenters. The molecule has 0 aliphatic heterocycles. The fraction of sp³-hybridized carbons (Fsp3) is 0. The van der Waals surface area contributed by atoms with E-state index in [1.807, 2.05) is 24.3 Å². The van der Waals surface area contributed by atoms with Crippen molar-refractivity contribution < 1.29 is 9.60 Å². The second-order valence-electron chi connectivity index (χ2n) is 3.99. The smallest absolute Gasteiger partial charge is 0.124 e. The van der Waals surface area contributed by atoms with Gasteiger partial charge >= 0.3 is 0 Å². The van der Waals surface area contributed by atoms with Gasteiger partial charge in [-0.05, 0) is 28.9 Å². The van der Waals surface area contributed by atoms with Gasteiger partial charge in [-0.25, -0.2) is 4.98 Å². The van der Waals surface area contributed by atoms with Gasteiger partial charge in [0.15, 0.2) is 0 Å². The molecule has 4 rings (SSSR count). The highest BCUT2D eigenvalue weighted by Crippen LogP contribution is 2.31. The minimum atomic E-state index is -0.470. The number of fused-ring (bicyclic) bond motifs is 2. The molecule has 90 valence electrons. The molecule has 0 radical (unpaired) electrons. The first-order chi connectivity index (χ1) is 12.3. The number of benzene rings is 3. The normalized spacial score (nSPS) is 16.3. The van der Waals surface area contributed by atoms with Crippen LogP contribution < -0.4 is 0 Å². The van der Waals surface area contributed by atoms with Crippen molar-refractivity contribution in [2.45, 2.75) is 0 Å². The predicted octanol–water partition coefficient (Wildman–Crippen LogP) is 5.12. The van der Waals surface area contributed by atoms with E-state index < -0.39 is 18.1 Å². The molecule has 0 fully saturated rings. The average molecular weight is 268 g/mol. The Kier molecular flexibility index (Phi) is 1.29. The molecule has 0 bridgehead atoms. The standard InChI is InChI=1S/C17H11NS/c1-2-6-13-11-14(10-9-12(13)5-1)17-18-15-7-3-4-8-16(15)19-17/h1-11H/i1D,2D,5D,6D,9D,10D,11D. The van der Waals surface area contributed by atoms with Crippen LogP contribution in [-0.4, -0.2) is 4.98 Å². The van der Waals surface area contributed by atoms with Crippen LogP contribution in [0.25, 0.3) is 31.6 Å². The lowest BCUT2D eigenvalue weighted by Gasteiger charge is -2.00. The number of aromatic nitrogens is 1. The molecule has 0 saturated heterocycles. The van der Waals surface area contributed by atoms with Gasteiger partial charge in [0.25, 0.3) is 0 Å². The minimum absolute atomic E-state index is 0.0498. The summed E-state index contributed by atoms with van der Waals surface area (Å²) in [7, 11) is 0. The Morgan fingerprint density at radius 1 is 0.947 bits per heavy atom. The molecule has 0 N–H and O–H groups in total. The van der Waals surface area contributed by atoms with Gasteiger partial charge in [0.2, 0.25) is 0 Å². The lowest BCUT2D eigenvalue weighted by Crippen LogP contribution is -1.77. The molecule has 0 atom stereocenters. The van der Waals surface area contributed by atoms with E-state index >= 15 is 0 Å². The van der Waals surface area contributed by atoms with E-state index in [1.165, 1.54) is 11.3 Å². The zero-order chi connectivity index (χ0) is 18.7. The SMILES string of the molecule is [2H]c1c([2H])c([2H])c2c([2H])c(-c3nc4ccccc4s3)c([2H])c([2H])c2c1[2H]. The van der Waals surface area contributed by atoms with E-state index in [1.54, 1.807) is 0 Å². The van der Waals surface area contributed by atoms with Gasteiger partial charge in [0.1, 0.15) is 5.01 Å². The van der Waals surface area contributed by atoms with Gasteiger partial charge in [-0.2, -0.15) is 0 Å². The maximum absolute atomic E-state index is 8.51. The van der Waals surface area contributed by atoms with E-state index in [0.29, 0.717) is 10.5 Å². The molecule has 0 amide bonds. The van der Waals surface area contributed by atoms with Crippen LogP contribution in [0.5, 0.6) is 0 Å². The van der Waals surface area contributed by atoms with Crippen LogP contribution in [0.2, 0.25) is 0 Å². The van der Waals surface area contributed by atoms with E-state index in [-0.39, 0.29) is 40.5 Å². The highest BCUT2D eigenvalue weighted by atomic mass is 32.1. The summed E-state index contributed by atoms with van der Waals surface area (Å²) in [6.07, 6.45) is 0. The number of hydrogen-bond acceptors (Lipinski definition) is 2. The molecule has 1 nitrogen and oxygen atoms in total. The van der Waals surface area contributed by atoms with Crippen molar-refractivity contribution in [2.24, 2.45) is 0 Å². The zero-order valence-electron chi connectivity index (χ0n) is 16.7. The van der Waals surface area contributed by atoms with Crippen LogP contribution in [0.3, 0.4) is 0 Å². The van der Waals surface area contributed by atoms with Gasteiger partial charge in [-0.15, -0.1) is 11.3 Å². The Labute approximate surface area is 125 Å². The van der Waals surface area contributed by atoms with E-state index in [2.05, 4.69) is 4.98 Å². The van der Waals surface area contributed by atoms with Crippen molar-refractivity contribution in [3.05, 3.63) is 66.6 Å². The largest absolute Gasteiger partial charge is 0.236 e. The monoisotopic (exact) mass is 268 g/mol. The van der Waals surface area contributed by atoms with Crippen molar-refractivity contribution in [3.8, 4) is 10.6 Å². The summed E-state index contributed by atoms with van der Waals surface area (Å²) >= 11 is 1.29. The maximum atomic E-state index is 8.51. The first-order valence-corrected chi connectivity index (χ1v) is 6.50. The first kappa shape index (κ1) is 5.85. The lowest BCUT2D eigenvalue weighted by atomic mass is 10.1. The quantitative estimate of drug-likeness (QED) is 0.467. The molecule has 2 heteroatoms. The summed E-state index contributed by atoms with van der Waals surface area (Å²) in [4.78, 5) is 4.45. The molecule has 1 aromatic heterocycles. The average Bonchev–Trinajstić information content (AvgIpc) is 3.04. The molecule has 19 heavy (non-hydrogen) atoms. The van der Waals surface area contributed by atoms with Crippen LogP contribution in [0.4, 0.5) is 0 Å². The Hall–Kier alpha value is -2.19. The predicted molar refractivity (Wildman–Crippen MR) is 82.6 cm³/mol. The van der Waals surface area contributed by atoms with Crippen molar-refractivity contribution in [1.82, 2.24) is 4.98 Å². The van der Waals surface area contributed by atoms with Crippen LogP contribution >= 0.6 is 11.3 Å². The third-order valence-electron chi connectivity index (χ3n) is 2.76. The Morgan fingerprint density at radius 2 is 1.79 bits per heavy atom. The molecular weight excluding hydrogens is 250 g/mol. The van der Waals surface area contributed by atoms with E-state index in [0.717, 1.165) is 4.70 Å². The van der Waals surface area contributed by atoms with Crippen LogP contribution in [0.1, 0.15) is 9.60 Å². The first-order valence-electron chi connectivity index (χ1n) is 9.18. The molecule has 0 aliphatic carbocycles. The number of hydrogen-bond donors (Lipinski definition) is 0. The molecule has 1 heterocycles. The van der Waals surface area contributed by atoms with Crippen LogP contribution in [-0.2, 0) is 0 Å². The number of rotatable bonds is 1. The molecule has 3 aromatic carbocycles. The van der Waals surface area contributed by atoms with Crippen molar-refractivity contribution in [3.63, 3.8) is 0 Å². The fourth-order valence-corrected chi connectivity index (χ4v) is 2.79. The highest BCUT2D eigenvalue weighted by molar-refractivity contribution is 7.21. The molecule has 0 spiro atoms. The Morgan fingerprint density at radius 3 is 2.68 bits per heavy atom. The van der Waals surface area contributed by atoms with Crippen LogP contribution in [0, 0.1) is 0 Å². The minimum Gasteiger partial charge on any atom is -0.236 e. The second-order valence-corrected chi connectivity index (χ2v) is 5.02. The zero-order valence-corrected chi connectivity index (χ0v) is 10.5. The number of thiazole rings is 1. The van der Waals surface area contributed by atoms with Gasteiger partial charge in [0, 0.05) is 5.56 Å². The van der Waals surface area contributed by atoms with Gasteiger partial charge in [-0.1, -0.05) is 48.4 Å². The van der Waals surface area contributed by atoms with Crippen molar-refractivity contribution >= 4 is 32.3 Å². The fourth-order valence-electron chi connectivity index (χ4n) is 1.87. The summed E-state index contributed by atoms with van der Waals surface area (Å²) < 4.78 is 57.8. The number of nitrogens with zero attached hydrogens (tertiary/aromatic N) is 1. The van der Waals surface area contributed by atoms with Gasteiger partial charge in [0.05, 0.1) is 19.8 Å². The summed E-state index contributed by atoms with van der Waals surface area (Å²) in [5, 5.41) is 0.242. The molecule has 0 saturated carbocycles. The molecule has 0 aliphatic rings. The molecular formula is C17H11NS. The van der Waals surface area contributed by atoms with E-state index in [4.69, 9.17) is 9.60 Å². The summed E-state index contributed by atoms with van der Waals surface area (Å²) in [6.45, 7) is 0. The second kappa shape index (κ2) is 4.18. The van der Waals surface area contributed by atoms with E-state index in [9.17, 15) is 0 Å². The van der Waals surface area contributed by atoms with Crippen molar-refractivity contribution in [2.75, 3.05) is 0 Å². The summed E-state index contributed by atoms with van der Waals surface area (Å²) in [5.41, 5.74) is 0.835. The number of para-hydroxylation sites is 1. The van der Waals surface area contributed by atoms with Crippen molar-refractivity contribution in [1.29, 1.82) is 0 Å². The lowest BCUT2D eigenvalue weighted by molar-refractivity contribution is 1.48. The maximum Gasteiger partial charge on any atom is 0.124 e. The topological polar surface area (TPSA) is 12.9 Å². The Balaban J connectivity index is 2.18. The highest BCUT2D eigenvalue weighted by Gasteiger charge is 2.06. The summed E-state index contributed by atoms with van der Waals surface area (Å²) in [5.74, 6) is 0.